The molecule has 1 saturated carbocycles. The minimum absolute atomic E-state index is 0.351. The van der Waals surface area contributed by atoms with Crippen molar-refractivity contribution < 1.29 is 4.79 Å². The van der Waals surface area contributed by atoms with Crippen molar-refractivity contribution in [3.8, 4) is 0 Å². The maximum absolute atomic E-state index is 11.5. The zero-order chi connectivity index (χ0) is 8.39. The Labute approximate surface area is 73.7 Å². The molecule has 2 heteroatoms. The summed E-state index contributed by atoms with van der Waals surface area (Å²) in [4.78, 5) is 11.5. The predicted molar refractivity (Wildman–Crippen MR) is 47.9 cm³/mol. The second-order valence-electron chi connectivity index (χ2n) is 4.14. The first-order valence-electron chi connectivity index (χ1n) is 5.09. The zero-order valence-electron chi connectivity index (χ0n) is 7.51. The summed E-state index contributed by atoms with van der Waals surface area (Å²) in [7, 11) is 0. The Hall–Kier alpha value is -0.370. The Bertz CT molecular complexity index is 169. The van der Waals surface area contributed by atoms with Crippen molar-refractivity contribution in [2.24, 2.45) is 11.8 Å². The topological polar surface area (TPSA) is 29.1 Å². The molecule has 1 N–H and O–H groups in total. The average molecular weight is 167 g/mol. The number of nitrogens with one attached hydrogen (secondary N) is 1. The second-order valence-corrected chi connectivity index (χ2v) is 4.14. The van der Waals surface area contributed by atoms with Gasteiger partial charge in [-0.1, -0.05) is 12.8 Å². The van der Waals surface area contributed by atoms with Gasteiger partial charge in [0.1, 0.15) is 5.78 Å². The summed E-state index contributed by atoms with van der Waals surface area (Å²) in [5.74, 6) is 1.76. The Morgan fingerprint density at radius 1 is 1.33 bits per heavy atom. The third kappa shape index (κ3) is 2.07. The molecule has 1 aliphatic carbocycles. The van der Waals surface area contributed by atoms with Crippen LogP contribution in [0.15, 0.2) is 0 Å². The van der Waals surface area contributed by atoms with E-state index in [0.717, 1.165) is 38.3 Å². The summed E-state index contributed by atoms with van der Waals surface area (Å²) < 4.78 is 0. The molecule has 2 rings (SSSR count). The van der Waals surface area contributed by atoms with Crippen LogP contribution >= 0.6 is 0 Å². The molecule has 2 aliphatic rings. The van der Waals surface area contributed by atoms with Gasteiger partial charge >= 0.3 is 0 Å². The molecule has 1 aliphatic heterocycles. The van der Waals surface area contributed by atoms with E-state index in [1.807, 2.05) is 0 Å². The monoisotopic (exact) mass is 167 g/mol. The highest BCUT2D eigenvalue weighted by Gasteiger charge is 2.26. The summed E-state index contributed by atoms with van der Waals surface area (Å²) >= 11 is 0. The standard InChI is InChI=1S/C10H17NO/c12-10(4-3-8-1-2-8)9-5-6-11-7-9/h8-9,11H,1-7H2. The van der Waals surface area contributed by atoms with E-state index in [1.165, 1.54) is 12.8 Å². The van der Waals surface area contributed by atoms with Crippen molar-refractivity contribution in [3.63, 3.8) is 0 Å². The fourth-order valence-corrected chi connectivity index (χ4v) is 1.89. The quantitative estimate of drug-likeness (QED) is 0.685. The summed E-state index contributed by atoms with van der Waals surface area (Å²) in [5, 5.41) is 3.24. The van der Waals surface area contributed by atoms with Crippen molar-refractivity contribution in [1.29, 1.82) is 0 Å². The summed E-state index contributed by atoms with van der Waals surface area (Å²) in [6.45, 7) is 1.98. The first kappa shape index (κ1) is 8.24. The molecule has 1 heterocycles. The first-order chi connectivity index (χ1) is 5.86. The minimum Gasteiger partial charge on any atom is -0.316 e. The minimum atomic E-state index is 0.351. The van der Waals surface area contributed by atoms with Crippen LogP contribution in [0.1, 0.15) is 32.1 Å². The molecule has 0 aromatic carbocycles. The van der Waals surface area contributed by atoms with Crippen molar-refractivity contribution in [3.05, 3.63) is 0 Å². The van der Waals surface area contributed by atoms with Gasteiger partial charge in [-0.25, -0.2) is 0 Å². The van der Waals surface area contributed by atoms with E-state index in [-0.39, 0.29) is 0 Å². The molecule has 68 valence electrons. The Morgan fingerprint density at radius 2 is 2.17 bits per heavy atom. The Kier molecular flexibility index (Phi) is 2.45. The van der Waals surface area contributed by atoms with Gasteiger partial charge in [0.2, 0.25) is 0 Å². The molecule has 2 nitrogen and oxygen atoms in total. The molecule has 12 heavy (non-hydrogen) atoms. The van der Waals surface area contributed by atoms with Crippen LogP contribution in [0.25, 0.3) is 0 Å². The number of hydrogen-bond donors (Lipinski definition) is 1. The molecule has 0 spiro atoms. The van der Waals surface area contributed by atoms with E-state index in [9.17, 15) is 4.79 Å². The number of rotatable bonds is 4. The number of carbonyl (C=O) groups excluding carboxylic acids is 1. The number of Topliss-reactive ketones (excluding diaryl/α,β-unsaturated/α-hetero) is 1. The van der Waals surface area contributed by atoms with E-state index in [2.05, 4.69) is 5.32 Å². The maximum atomic E-state index is 11.5. The first-order valence-corrected chi connectivity index (χ1v) is 5.09. The lowest BCUT2D eigenvalue weighted by atomic mass is 9.98. The van der Waals surface area contributed by atoms with Crippen molar-refractivity contribution in [2.75, 3.05) is 13.1 Å². The third-order valence-electron chi connectivity index (χ3n) is 3.01. The molecular formula is C10H17NO. The average Bonchev–Trinajstić information content (AvgIpc) is 2.74. The maximum Gasteiger partial charge on any atom is 0.137 e. The van der Waals surface area contributed by atoms with Gasteiger partial charge in [0.15, 0.2) is 0 Å². The van der Waals surface area contributed by atoms with Crippen LogP contribution in [0.3, 0.4) is 0 Å². The van der Waals surface area contributed by atoms with E-state index >= 15 is 0 Å². The van der Waals surface area contributed by atoms with Crippen molar-refractivity contribution >= 4 is 5.78 Å². The van der Waals surface area contributed by atoms with Gasteiger partial charge in [0.25, 0.3) is 0 Å². The van der Waals surface area contributed by atoms with Crippen LogP contribution in [0.4, 0.5) is 0 Å². The van der Waals surface area contributed by atoms with Gasteiger partial charge in [0.05, 0.1) is 0 Å². The van der Waals surface area contributed by atoms with Crippen LogP contribution < -0.4 is 5.32 Å². The van der Waals surface area contributed by atoms with Gasteiger partial charge in [-0.3, -0.25) is 4.79 Å². The lowest BCUT2D eigenvalue weighted by Gasteiger charge is -2.05. The van der Waals surface area contributed by atoms with Gasteiger partial charge in [-0.05, 0) is 25.3 Å². The summed E-state index contributed by atoms with van der Waals surface area (Å²) in [5.41, 5.74) is 0. The fourth-order valence-electron chi connectivity index (χ4n) is 1.89. The molecule has 0 aromatic heterocycles. The van der Waals surface area contributed by atoms with Crippen LogP contribution in [0, 0.1) is 11.8 Å². The molecule has 0 amide bonds. The fraction of sp³-hybridized carbons (Fsp3) is 0.900. The van der Waals surface area contributed by atoms with Crippen LogP contribution in [-0.4, -0.2) is 18.9 Å². The number of carbonyl (C=O) groups is 1. The SMILES string of the molecule is O=C(CCC1CC1)C1CCNC1. The molecule has 0 radical (unpaired) electrons. The third-order valence-corrected chi connectivity index (χ3v) is 3.01. The van der Waals surface area contributed by atoms with E-state index in [0.29, 0.717) is 11.7 Å². The van der Waals surface area contributed by atoms with E-state index in [1.54, 1.807) is 0 Å². The molecule has 1 saturated heterocycles. The molecule has 1 unspecified atom stereocenters. The second kappa shape index (κ2) is 3.56. The van der Waals surface area contributed by atoms with Gasteiger partial charge < -0.3 is 5.32 Å². The lowest BCUT2D eigenvalue weighted by molar-refractivity contribution is -0.122. The Morgan fingerprint density at radius 3 is 2.75 bits per heavy atom. The highest BCUT2D eigenvalue weighted by atomic mass is 16.1. The lowest BCUT2D eigenvalue weighted by Crippen LogP contribution is -2.17. The van der Waals surface area contributed by atoms with Gasteiger partial charge in [0, 0.05) is 18.9 Å². The van der Waals surface area contributed by atoms with E-state index < -0.39 is 0 Å². The summed E-state index contributed by atoms with van der Waals surface area (Å²) in [6.07, 6.45) is 5.82. The highest BCUT2D eigenvalue weighted by molar-refractivity contribution is 5.81. The predicted octanol–water partition coefficient (Wildman–Crippen LogP) is 1.36. The number of ketones is 1. The van der Waals surface area contributed by atoms with E-state index in [4.69, 9.17) is 0 Å². The normalized spacial score (nSPS) is 29.2. The van der Waals surface area contributed by atoms with Gasteiger partial charge in [-0.2, -0.15) is 0 Å². The Balaban J connectivity index is 1.67. The zero-order valence-corrected chi connectivity index (χ0v) is 7.51. The highest BCUT2D eigenvalue weighted by Crippen LogP contribution is 2.34. The molecule has 1 atom stereocenters. The van der Waals surface area contributed by atoms with Crippen molar-refractivity contribution in [2.45, 2.75) is 32.1 Å². The molecule has 0 aromatic rings. The molecule has 2 fully saturated rings. The smallest absolute Gasteiger partial charge is 0.137 e. The summed E-state index contributed by atoms with van der Waals surface area (Å²) in [6, 6.07) is 0. The van der Waals surface area contributed by atoms with Crippen molar-refractivity contribution in [1.82, 2.24) is 5.32 Å². The number of hydrogen-bond acceptors (Lipinski definition) is 2. The largest absolute Gasteiger partial charge is 0.316 e. The van der Waals surface area contributed by atoms with Crippen LogP contribution in [0.5, 0.6) is 0 Å². The van der Waals surface area contributed by atoms with Gasteiger partial charge in [-0.15, -0.1) is 0 Å². The molecular weight excluding hydrogens is 150 g/mol. The van der Waals surface area contributed by atoms with Crippen LogP contribution in [0.2, 0.25) is 0 Å². The molecule has 0 bridgehead atoms. The van der Waals surface area contributed by atoms with Crippen LogP contribution in [-0.2, 0) is 4.79 Å².